The van der Waals surface area contributed by atoms with E-state index in [1.54, 1.807) is 13.8 Å². The molecule has 0 aromatic heterocycles. The third-order valence-electron chi connectivity index (χ3n) is 4.36. The van der Waals surface area contributed by atoms with E-state index >= 15 is 0 Å². The molecule has 0 unspecified atom stereocenters. The summed E-state index contributed by atoms with van der Waals surface area (Å²) in [6.45, 7) is 3.79. The standard InChI is InChI=1S/C20H27NO4/c1-3-24-19(22)18(20(23)25-4-2)14-21-17-12-10-16(11-13-17)15-8-6-5-7-9-15/h10-15,21H,3-9H2,1-2H3. The third kappa shape index (κ3) is 5.62. The maximum atomic E-state index is 11.9. The Balaban J connectivity index is 2.05. The zero-order valence-electron chi connectivity index (χ0n) is 15.0. The van der Waals surface area contributed by atoms with Crippen molar-refractivity contribution in [2.75, 3.05) is 18.5 Å². The molecule has 0 amide bonds. The van der Waals surface area contributed by atoms with Crippen LogP contribution in [0.5, 0.6) is 0 Å². The molecule has 1 aliphatic carbocycles. The van der Waals surface area contributed by atoms with Crippen LogP contribution in [-0.2, 0) is 19.1 Å². The van der Waals surface area contributed by atoms with Gasteiger partial charge in [-0.1, -0.05) is 31.4 Å². The summed E-state index contributed by atoms with van der Waals surface area (Å²) in [4.78, 5) is 23.8. The molecular weight excluding hydrogens is 318 g/mol. The number of carbonyl (C=O) groups is 2. The average Bonchev–Trinajstić information content (AvgIpc) is 2.63. The molecule has 0 heterocycles. The summed E-state index contributed by atoms with van der Waals surface area (Å²) in [6, 6.07) is 8.16. The molecule has 0 radical (unpaired) electrons. The summed E-state index contributed by atoms with van der Waals surface area (Å²) in [5, 5.41) is 2.99. The van der Waals surface area contributed by atoms with E-state index in [1.807, 2.05) is 12.1 Å². The first-order valence-corrected chi connectivity index (χ1v) is 9.06. The molecule has 0 bridgehead atoms. The quantitative estimate of drug-likeness (QED) is 0.348. The van der Waals surface area contributed by atoms with Crippen LogP contribution in [0, 0.1) is 0 Å². The van der Waals surface area contributed by atoms with Crippen molar-refractivity contribution < 1.29 is 19.1 Å². The second-order valence-electron chi connectivity index (χ2n) is 6.10. The van der Waals surface area contributed by atoms with Gasteiger partial charge in [0.1, 0.15) is 0 Å². The zero-order chi connectivity index (χ0) is 18.1. The summed E-state index contributed by atoms with van der Waals surface area (Å²) in [5.41, 5.74) is 2.02. The SMILES string of the molecule is CCOC(=O)C(=CNc1ccc(C2CCCCC2)cc1)C(=O)OCC. The van der Waals surface area contributed by atoms with Gasteiger partial charge >= 0.3 is 11.9 Å². The molecular formula is C20H27NO4. The van der Waals surface area contributed by atoms with Gasteiger partial charge in [0.2, 0.25) is 0 Å². The first kappa shape index (κ1) is 19.0. The molecule has 136 valence electrons. The van der Waals surface area contributed by atoms with Crippen LogP contribution in [0.15, 0.2) is 36.0 Å². The molecule has 1 N–H and O–H groups in total. The normalized spacial score (nSPS) is 14.5. The van der Waals surface area contributed by atoms with Crippen molar-refractivity contribution >= 4 is 17.6 Å². The Morgan fingerprint density at radius 1 is 1.00 bits per heavy atom. The number of anilines is 1. The molecule has 0 atom stereocenters. The summed E-state index contributed by atoms with van der Waals surface area (Å²) >= 11 is 0. The van der Waals surface area contributed by atoms with E-state index < -0.39 is 11.9 Å². The number of ether oxygens (including phenoxy) is 2. The van der Waals surface area contributed by atoms with E-state index in [0.717, 1.165) is 5.69 Å². The smallest absolute Gasteiger partial charge is 0.347 e. The lowest BCUT2D eigenvalue weighted by Crippen LogP contribution is -2.19. The van der Waals surface area contributed by atoms with E-state index in [4.69, 9.17) is 9.47 Å². The van der Waals surface area contributed by atoms with Gasteiger partial charge in [-0.15, -0.1) is 0 Å². The van der Waals surface area contributed by atoms with Crippen LogP contribution in [0.3, 0.4) is 0 Å². The predicted molar refractivity (Wildman–Crippen MR) is 97.2 cm³/mol. The fraction of sp³-hybridized carbons (Fsp3) is 0.500. The monoisotopic (exact) mass is 345 g/mol. The number of hydrogen-bond donors (Lipinski definition) is 1. The van der Waals surface area contributed by atoms with Crippen LogP contribution < -0.4 is 5.32 Å². The lowest BCUT2D eigenvalue weighted by molar-refractivity contribution is -0.146. The highest BCUT2D eigenvalue weighted by atomic mass is 16.6. The van der Waals surface area contributed by atoms with Crippen LogP contribution in [0.25, 0.3) is 0 Å². The molecule has 5 nitrogen and oxygen atoms in total. The number of hydrogen-bond acceptors (Lipinski definition) is 5. The molecule has 0 aliphatic heterocycles. The number of nitrogens with one attached hydrogen (secondary N) is 1. The Morgan fingerprint density at radius 2 is 1.56 bits per heavy atom. The summed E-state index contributed by atoms with van der Waals surface area (Å²) in [5.74, 6) is -0.729. The van der Waals surface area contributed by atoms with Gasteiger partial charge in [0.05, 0.1) is 13.2 Å². The van der Waals surface area contributed by atoms with Crippen molar-refractivity contribution in [2.45, 2.75) is 51.9 Å². The fourth-order valence-electron chi connectivity index (χ4n) is 3.06. The van der Waals surface area contributed by atoms with Crippen molar-refractivity contribution in [1.82, 2.24) is 0 Å². The molecule has 25 heavy (non-hydrogen) atoms. The maximum Gasteiger partial charge on any atom is 0.347 e. The number of carbonyl (C=O) groups excluding carboxylic acids is 2. The summed E-state index contributed by atoms with van der Waals surface area (Å²) in [7, 11) is 0. The minimum Gasteiger partial charge on any atom is -0.462 e. The Labute approximate surface area is 149 Å². The average molecular weight is 345 g/mol. The molecule has 1 aromatic carbocycles. The third-order valence-corrected chi connectivity index (χ3v) is 4.36. The highest BCUT2D eigenvalue weighted by Crippen LogP contribution is 2.32. The van der Waals surface area contributed by atoms with Gasteiger partial charge in [0.25, 0.3) is 0 Å². The van der Waals surface area contributed by atoms with Gasteiger partial charge < -0.3 is 14.8 Å². The molecule has 0 spiro atoms. The predicted octanol–water partition coefficient (Wildman–Crippen LogP) is 4.16. The van der Waals surface area contributed by atoms with Crippen LogP contribution in [0.1, 0.15) is 57.4 Å². The van der Waals surface area contributed by atoms with Crippen molar-refractivity contribution in [3.63, 3.8) is 0 Å². The number of rotatable bonds is 7. The lowest BCUT2D eigenvalue weighted by atomic mass is 9.84. The van der Waals surface area contributed by atoms with Crippen LogP contribution in [-0.4, -0.2) is 25.2 Å². The van der Waals surface area contributed by atoms with Crippen molar-refractivity contribution in [3.05, 3.63) is 41.6 Å². The van der Waals surface area contributed by atoms with Crippen LogP contribution >= 0.6 is 0 Å². The lowest BCUT2D eigenvalue weighted by Gasteiger charge is -2.22. The first-order chi connectivity index (χ1) is 12.2. The Bertz CT molecular complexity index is 581. The van der Waals surface area contributed by atoms with E-state index in [0.29, 0.717) is 5.92 Å². The minimum absolute atomic E-state index is 0.139. The van der Waals surface area contributed by atoms with E-state index in [-0.39, 0.29) is 18.8 Å². The topological polar surface area (TPSA) is 64.6 Å². The first-order valence-electron chi connectivity index (χ1n) is 9.06. The van der Waals surface area contributed by atoms with Crippen molar-refractivity contribution in [1.29, 1.82) is 0 Å². The highest BCUT2D eigenvalue weighted by Gasteiger charge is 2.21. The molecule has 1 aromatic rings. The molecule has 1 saturated carbocycles. The molecule has 1 fully saturated rings. The Hall–Kier alpha value is -2.30. The highest BCUT2D eigenvalue weighted by molar-refractivity contribution is 6.14. The Kier molecular flexibility index (Phi) is 7.51. The van der Waals surface area contributed by atoms with Crippen molar-refractivity contribution in [3.8, 4) is 0 Å². The number of esters is 2. The van der Waals surface area contributed by atoms with Gasteiger partial charge in [-0.05, 0) is 50.3 Å². The second kappa shape index (κ2) is 9.87. The van der Waals surface area contributed by atoms with Gasteiger partial charge in [0, 0.05) is 11.9 Å². The maximum absolute atomic E-state index is 11.9. The van der Waals surface area contributed by atoms with Crippen LogP contribution in [0.4, 0.5) is 5.69 Å². The van der Waals surface area contributed by atoms with E-state index in [2.05, 4.69) is 17.4 Å². The van der Waals surface area contributed by atoms with Gasteiger partial charge in [0.15, 0.2) is 5.57 Å². The fourth-order valence-corrected chi connectivity index (χ4v) is 3.06. The summed E-state index contributed by atoms with van der Waals surface area (Å²) < 4.78 is 9.82. The minimum atomic E-state index is -0.688. The molecule has 0 saturated heterocycles. The summed E-state index contributed by atoms with van der Waals surface area (Å²) in [6.07, 6.45) is 7.80. The van der Waals surface area contributed by atoms with Gasteiger partial charge in [-0.2, -0.15) is 0 Å². The Morgan fingerprint density at radius 3 is 2.08 bits per heavy atom. The van der Waals surface area contributed by atoms with Crippen LogP contribution in [0.2, 0.25) is 0 Å². The molecule has 2 rings (SSSR count). The largest absolute Gasteiger partial charge is 0.462 e. The number of benzene rings is 1. The molecule has 1 aliphatic rings. The second-order valence-corrected chi connectivity index (χ2v) is 6.10. The van der Waals surface area contributed by atoms with E-state index in [1.165, 1.54) is 43.9 Å². The van der Waals surface area contributed by atoms with Gasteiger partial charge in [-0.3, -0.25) is 0 Å². The van der Waals surface area contributed by atoms with Gasteiger partial charge in [-0.25, -0.2) is 9.59 Å². The van der Waals surface area contributed by atoms with E-state index in [9.17, 15) is 9.59 Å². The van der Waals surface area contributed by atoms with Crippen molar-refractivity contribution in [2.24, 2.45) is 0 Å². The zero-order valence-corrected chi connectivity index (χ0v) is 15.0. The molecule has 5 heteroatoms.